The topological polar surface area (TPSA) is 122 Å². The molecule has 0 aliphatic carbocycles. The second kappa shape index (κ2) is 10.9. The van der Waals surface area contributed by atoms with Gasteiger partial charge in [0, 0.05) is 23.4 Å². The van der Waals surface area contributed by atoms with E-state index in [1.54, 1.807) is 30.3 Å². The molecule has 0 spiro atoms. The van der Waals surface area contributed by atoms with Gasteiger partial charge in [-0.25, -0.2) is 9.97 Å². The zero-order valence-electron chi connectivity index (χ0n) is 18.8. The lowest BCUT2D eigenvalue weighted by atomic mass is 10.2. The molecule has 0 radical (unpaired) electrons. The van der Waals surface area contributed by atoms with Crippen molar-refractivity contribution in [3.05, 3.63) is 72.4 Å². The highest BCUT2D eigenvalue weighted by molar-refractivity contribution is 7.22. The number of amides is 1. The number of nitrogen functional groups attached to an aromatic ring is 1. The van der Waals surface area contributed by atoms with Gasteiger partial charge in [0.25, 0.3) is 0 Å². The standard InChI is InChI=1S/C25H18F3N5O3S/c26-25(27,28)10-9-22(35)32-21-8-7-18(14-31-21)36-17-5-3-16(4-6-17)30-11-1-2-15-12-19(34)23-20(13-15)37-24(29)33-23/h3-10,12-14,30,34H,11H2,(H2,29,33)(H,31,32,35)/b10-9+. The molecule has 1 amide bonds. The smallest absolute Gasteiger partial charge is 0.409 e. The number of aromatic nitrogens is 2. The molecule has 188 valence electrons. The van der Waals surface area contributed by atoms with E-state index in [4.69, 9.17) is 10.5 Å². The van der Waals surface area contributed by atoms with Crippen LogP contribution in [-0.2, 0) is 4.79 Å². The van der Waals surface area contributed by atoms with Crippen LogP contribution in [0.15, 0.2) is 66.9 Å². The van der Waals surface area contributed by atoms with Gasteiger partial charge in [0.15, 0.2) is 5.13 Å². The maximum atomic E-state index is 12.1. The van der Waals surface area contributed by atoms with E-state index in [9.17, 15) is 23.1 Å². The minimum Gasteiger partial charge on any atom is -0.506 e. The molecule has 2 aromatic heterocycles. The fourth-order valence-electron chi connectivity index (χ4n) is 3.02. The third-order valence-corrected chi connectivity index (χ3v) is 5.44. The third-order valence-electron chi connectivity index (χ3n) is 4.61. The van der Waals surface area contributed by atoms with Crippen molar-refractivity contribution in [3.63, 3.8) is 0 Å². The SMILES string of the molecule is Nc1nc2c(O)cc(C#CCNc3ccc(Oc4ccc(NC(=O)/C=C/C(F)(F)F)nc4)cc3)cc2s1. The molecular formula is C25H18F3N5O3S. The van der Waals surface area contributed by atoms with Gasteiger partial charge in [0.1, 0.15) is 28.6 Å². The van der Waals surface area contributed by atoms with Crippen LogP contribution in [0.3, 0.4) is 0 Å². The van der Waals surface area contributed by atoms with E-state index in [-0.39, 0.29) is 17.6 Å². The van der Waals surface area contributed by atoms with Gasteiger partial charge in [-0.05, 0) is 48.5 Å². The Kier molecular flexibility index (Phi) is 7.45. The molecule has 4 rings (SSSR count). The van der Waals surface area contributed by atoms with Crippen LogP contribution in [-0.4, -0.2) is 33.7 Å². The molecule has 0 bridgehead atoms. The molecule has 4 aromatic rings. The Balaban J connectivity index is 1.28. The maximum Gasteiger partial charge on any atom is 0.409 e. The number of benzene rings is 2. The molecule has 0 aliphatic rings. The summed E-state index contributed by atoms with van der Waals surface area (Å²) in [6, 6.07) is 13.3. The summed E-state index contributed by atoms with van der Waals surface area (Å²) in [5.41, 5.74) is 7.60. The molecule has 2 aromatic carbocycles. The number of phenols is 1. The molecule has 0 aliphatic heterocycles. The molecule has 0 atom stereocenters. The average Bonchev–Trinajstić information content (AvgIpc) is 3.23. The highest BCUT2D eigenvalue weighted by Crippen LogP contribution is 2.31. The van der Waals surface area contributed by atoms with E-state index in [1.807, 2.05) is 6.07 Å². The van der Waals surface area contributed by atoms with Gasteiger partial charge in [-0.1, -0.05) is 23.2 Å². The first-order chi connectivity index (χ1) is 17.6. The number of allylic oxidation sites excluding steroid dienone is 1. The fourth-order valence-corrected chi connectivity index (χ4v) is 3.82. The quantitative estimate of drug-likeness (QED) is 0.199. The number of fused-ring (bicyclic) bond motifs is 1. The van der Waals surface area contributed by atoms with E-state index in [2.05, 4.69) is 32.4 Å². The summed E-state index contributed by atoms with van der Waals surface area (Å²) in [6.07, 6.45) is -3.01. The van der Waals surface area contributed by atoms with Crippen LogP contribution in [0.5, 0.6) is 17.2 Å². The highest BCUT2D eigenvalue weighted by atomic mass is 32.1. The van der Waals surface area contributed by atoms with Crippen molar-refractivity contribution < 1.29 is 27.8 Å². The number of thiazole rings is 1. The van der Waals surface area contributed by atoms with Crippen LogP contribution in [0.4, 0.5) is 29.8 Å². The largest absolute Gasteiger partial charge is 0.506 e. The van der Waals surface area contributed by atoms with Crippen molar-refractivity contribution in [2.75, 3.05) is 22.9 Å². The van der Waals surface area contributed by atoms with E-state index in [0.29, 0.717) is 40.3 Å². The number of pyridine rings is 1. The molecule has 0 saturated carbocycles. The Morgan fingerprint density at radius 3 is 2.62 bits per heavy atom. The third kappa shape index (κ3) is 7.36. The minimum atomic E-state index is -4.57. The lowest BCUT2D eigenvalue weighted by Gasteiger charge is -2.08. The number of nitrogens with two attached hydrogens (primary N) is 1. The zero-order valence-corrected chi connectivity index (χ0v) is 19.7. The Bertz CT molecular complexity index is 1510. The number of hydrogen-bond acceptors (Lipinski definition) is 8. The molecule has 8 nitrogen and oxygen atoms in total. The first kappa shape index (κ1) is 25.3. The van der Waals surface area contributed by atoms with E-state index < -0.39 is 12.1 Å². The predicted octanol–water partition coefficient (Wildman–Crippen LogP) is 5.29. The van der Waals surface area contributed by atoms with E-state index >= 15 is 0 Å². The van der Waals surface area contributed by atoms with Crippen molar-refractivity contribution >= 4 is 44.1 Å². The van der Waals surface area contributed by atoms with E-state index in [1.165, 1.54) is 29.7 Å². The van der Waals surface area contributed by atoms with Gasteiger partial charge in [-0.2, -0.15) is 13.2 Å². The number of hydrogen-bond donors (Lipinski definition) is 4. The van der Waals surface area contributed by atoms with Crippen molar-refractivity contribution in [3.8, 4) is 29.1 Å². The minimum absolute atomic E-state index is 0.0333. The first-order valence-electron chi connectivity index (χ1n) is 10.6. The summed E-state index contributed by atoms with van der Waals surface area (Å²) in [7, 11) is 0. The first-order valence-corrected chi connectivity index (χ1v) is 11.4. The number of rotatable bonds is 6. The van der Waals surface area contributed by atoms with Crippen LogP contribution >= 0.6 is 11.3 Å². The maximum absolute atomic E-state index is 12.1. The summed E-state index contributed by atoms with van der Waals surface area (Å²) >= 11 is 1.28. The molecule has 0 fully saturated rings. The van der Waals surface area contributed by atoms with Gasteiger partial charge in [0.2, 0.25) is 5.91 Å². The van der Waals surface area contributed by atoms with E-state index in [0.717, 1.165) is 10.4 Å². The highest BCUT2D eigenvalue weighted by Gasteiger charge is 2.22. The number of nitrogens with one attached hydrogen (secondary N) is 2. The lowest BCUT2D eigenvalue weighted by molar-refractivity contribution is -0.112. The number of carbonyl (C=O) groups is 1. The van der Waals surface area contributed by atoms with Crippen molar-refractivity contribution in [1.82, 2.24) is 9.97 Å². The second-order valence-corrected chi connectivity index (χ2v) is 8.48. The van der Waals surface area contributed by atoms with Crippen LogP contribution in [0.1, 0.15) is 5.56 Å². The van der Waals surface area contributed by atoms with Crippen LogP contribution in [0.25, 0.3) is 10.2 Å². The summed E-state index contributed by atoms with van der Waals surface area (Å²) in [5, 5.41) is 15.8. The molecule has 12 heteroatoms. The Morgan fingerprint density at radius 2 is 1.92 bits per heavy atom. The summed E-state index contributed by atoms with van der Waals surface area (Å²) in [6.45, 7) is 0.360. The number of phenolic OH excluding ortho intramolecular Hbond substituents is 1. The molecular weight excluding hydrogens is 507 g/mol. The molecule has 0 saturated heterocycles. The normalized spacial score (nSPS) is 11.2. The van der Waals surface area contributed by atoms with Crippen LogP contribution in [0.2, 0.25) is 0 Å². The monoisotopic (exact) mass is 525 g/mol. The van der Waals surface area contributed by atoms with Gasteiger partial charge in [0.05, 0.1) is 17.4 Å². The average molecular weight is 526 g/mol. The molecule has 2 heterocycles. The Hall–Kier alpha value is -4.76. The number of halogens is 3. The van der Waals surface area contributed by atoms with Crippen LogP contribution < -0.4 is 21.1 Å². The lowest BCUT2D eigenvalue weighted by Crippen LogP contribution is -2.11. The summed E-state index contributed by atoms with van der Waals surface area (Å²) in [5.74, 6) is 6.04. The van der Waals surface area contributed by atoms with Gasteiger partial charge in [-0.3, -0.25) is 4.79 Å². The zero-order chi connectivity index (χ0) is 26.4. The number of carbonyl (C=O) groups excluding carboxylic acids is 1. The molecule has 37 heavy (non-hydrogen) atoms. The summed E-state index contributed by atoms with van der Waals surface area (Å²) < 4.78 is 42.8. The fraction of sp³-hybridized carbons (Fsp3) is 0.0800. The number of anilines is 3. The Morgan fingerprint density at radius 1 is 1.16 bits per heavy atom. The van der Waals surface area contributed by atoms with Crippen LogP contribution in [0, 0.1) is 11.8 Å². The molecule has 0 unspecified atom stereocenters. The number of ether oxygens (including phenoxy) is 1. The number of aromatic hydroxyl groups is 1. The summed E-state index contributed by atoms with van der Waals surface area (Å²) in [4.78, 5) is 19.5. The number of alkyl halides is 3. The van der Waals surface area contributed by atoms with Crippen molar-refractivity contribution in [1.29, 1.82) is 0 Å². The van der Waals surface area contributed by atoms with Gasteiger partial charge >= 0.3 is 6.18 Å². The van der Waals surface area contributed by atoms with Crippen molar-refractivity contribution in [2.24, 2.45) is 0 Å². The second-order valence-electron chi connectivity index (χ2n) is 7.42. The van der Waals surface area contributed by atoms with Crippen molar-refractivity contribution in [2.45, 2.75) is 6.18 Å². The number of nitrogens with zero attached hydrogens (tertiary/aromatic N) is 2. The van der Waals surface area contributed by atoms with Gasteiger partial charge in [-0.15, -0.1) is 0 Å². The predicted molar refractivity (Wildman–Crippen MR) is 136 cm³/mol. The van der Waals surface area contributed by atoms with Gasteiger partial charge < -0.3 is 26.2 Å². The Labute approximate surface area is 212 Å². The molecule has 5 N–H and O–H groups in total.